The fraction of sp³-hybridized carbons (Fsp3) is 0.200. The standard InChI is InChI=1S/C10H10BrNO2/c1-8-5-9(3-2-4-11)7-10(6-8)12(13)14/h2-3,5-7H,4H2,1H3. The maximum Gasteiger partial charge on any atom is 0.270 e. The molecule has 0 fully saturated rings. The number of non-ortho nitro benzene ring substituents is 1. The Labute approximate surface area is 90.7 Å². The molecule has 0 aliphatic carbocycles. The van der Waals surface area contributed by atoms with Gasteiger partial charge in [0.15, 0.2) is 0 Å². The predicted molar refractivity (Wildman–Crippen MR) is 60.7 cm³/mol. The fourth-order valence-electron chi connectivity index (χ4n) is 1.17. The lowest BCUT2D eigenvalue weighted by molar-refractivity contribution is -0.384. The molecule has 0 amide bonds. The highest BCUT2D eigenvalue weighted by Crippen LogP contribution is 2.17. The predicted octanol–water partition coefficient (Wildman–Crippen LogP) is 3.31. The Morgan fingerprint density at radius 2 is 2.21 bits per heavy atom. The number of nitro groups is 1. The Hall–Kier alpha value is -1.16. The molecule has 74 valence electrons. The number of nitro benzene ring substituents is 1. The number of benzene rings is 1. The average Bonchev–Trinajstić information content (AvgIpc) is 2.14. The molecule has 0 aromatic heterocycles. The minimum Gasteiger partial charge on any atom is -0.258 e. The molecule has 0 radical (unpaired) electrons. The Balaban J connectivity index is 3.07. The second kappa shape index (κ2) is 4.91. The molecule has 0 unspecified atom stereocenters. The van der Waals surface area contributed by atoms with Crippen molar-refractivity contribution in [3.63, 3.8) is 0 Å². The second-order valence-corrected chi connectivity index (χ2v) is 3.56. The van der Waals surface area contributed by atoms with Gasteiger partial charge in [0.05, 0.1) is 4.92 Å². The quantitative estimate of drug-likeness (QED) is 0.473. The van der Waals surface area contributed by atoms with Crippen molar-refractivity contribution in [3.8, 4) is 0 Å². The summed E-state index contributed by atoms with van der Waals surface area (Å²) in [6, 6.07) is 5.03. The summed E-state index contributed by atoms with van der Waals surface area (Å²) in [6.07, 6.45) is 3.76. The molecule has 0 saturated carbocycles. The number of nitrogens with zero attached hydrogens (tertiary/aromatic N) is 1. The first kappa shape index (κ1) is 10.9. The van der Waals surface area contributed by atoms with Crippen LogP contribution in [0, 0.1) is 17.0 Å². The van der Waals surface area contributed by atoms with Crippen molar-refractivity contribution < 1.29 is 4.92 Å². The van der Waals surface area contributed by atoms with Gasteiger partial charge in [-0.3, -0.25) is 10.1 Å². The highest BCUT2D eigenvalue weighted by atomic mass is 79.9. The number of alkyl halides is 1. The third-order valence-electron chi connectivity index (χ3n) is 1.69. The van der Waals surface area contributed by atoms with E-state index in [1.807, 2.05) is 25.1 Å². The van der Waals surface area contributed by atoms with Crippen molar-refractivity contribution in [1.82, 2.24) is 0 Å². The van der Waals surface area contributed by atoms with Crippen LogP contribution in [0.5, 0.6) is 0 Å². The molecule has 0 spiro atoms. The van der Waals surface area contributed by atoms with Crippen LogP contribution in [0.3, 0.4) is 0 Å². The number of halogens is 1. The van der Waals surface area contributed by atoms with E-state index in [1.54, 1.807) is 12.1 Å². The smallest absolute Gasteiger partial charge is 0.258 e. The van der Waals surface area contributed by atoms with Crippen LogP contribution in [0.4, 0.5) is 5.69 Å². The van der Waals surface area contributed by atoms with Crippen LogP contribution in [0.2, 0.25) is 0 Å². The Morgan fingerprint density at radius 3 is 2.79 bits per heavy atom. The molecule has 14 heavy (non-hydrogen) atoms. The van der Waals surface area contributed by atoms with Crippen molar-refractivity contribution >= 4 is 27.7 Å². The maximum absolute atomic E-state index is 10.6. The van der Waals surface area contributed by atoms with Gasteiger partial charge in [-0.25, -0.2) is 0 Å². The summed E-state index contributed by atoms with van der Waals surface area (Å²) in [4.78, 5) is 10.2. The lowest BCUT2D eigenvalue weighted by Crippen LogP contribution is -1.89. The molecule has 0 aliphatic heterocycles. The number of hydrogen-bond acceptors (Lipinski definition) is 2. The largest absolute Gasteiger partial charge is 0.270 e. The molecule has 0 bridgehead atoms. The van der Waals surface area contributed by atoms with Crippen molar-refractivity contribution in [1.29, 1.82) is 0 Å². The van der Waals surface area contributed by atoms with Gasteiger partial charge in [0.1, 0.15) is 0 Å². The number of hydrogen-bond donors (Lipinski definition) is 0. The Bertz CT molecular complexity index is 374. The molecule has 4 heteroatoms. The van der Waals surface area contributed by atoms with E-state index in [9.17, 15) is 10.1 Å². The van der Waals surface area contributed by atoms with Gasteiger partial charge in [0, 0.05) is 17.5 Å². The number of allylic oxidation sites excluding steroid dienone is 1. The van der Waals surface area contributed by atoms with Crippen LogP contribution in [0.25, 0.3) is 6.08 Å². The van der Waals surface area contributed by atoms with Gasteiger partial charge in [-0.05, 0) is 18.1 Å². The van der Waals surface area contributed by atoms with E-state index in [4.69, 9.17) is 0 Å². The number of rotatable bonds is 3. The van der Waals surface area contributed by atoms with Crippen molar-refractivity contribution in [2.45, 2.75) is 6.92 Å². The first-order valence-electron chi connectivity index (χ1n) is 4.12. The molecule has 1 aromatic rings. The lowest BCUT2D eigenvalue weighted by Gasteiger charge is -1.97. The monoisotopic (exact) mass is 255 g/mol. The molecule has 0 saturated heterocycles. The molecular formula is C10H10BrNO2. The summed E-state index contributed by atoms with van der Waals surface area (Å²) in [7, 11) is 0. The lowest BCUT2D eigenvalue weighted by atomic mass is 10.1. The molecule has 1 rings (SSSR count). The summed E-state index contributed by atoms with van der Waals surface area (Å²) < 4.78 is 0. The van der Waals surface area contributed by atoms with Crippen LogP contribution in [-0.4, -0.2) is 10.3 Å². The van der Waals surface area contributed by atoms with Crippen LogP contribution in [0.15, 0.2) is 24.3 Å². The van der Waals surface area contributed by atoms with E-state index < -0.39 is 0 Å². The van der Waals surface area contributed by atoms with Gasteiger partial charge in [0.2, 0.25) is 0 Å². The Morgan fingerprint density at radius 1 is 1.50 bits per heavy atom. The zero-order chi connectivity index (χ0) is 10.6. The fourth-order valence-corrected chi connectivity index (χ4v) is 1.36. The van der Waals surface area contributed by atoms with Crippen molar-refractivity contribution in [2.24, 2.45) is 0 Å². The summed E-state index contributed by atoms with van der Waals surface area (Å²) in [5.74, 6) is 0. The van der Waals surface area contributed by atoms with E-state index in [1.165, 1.54) is 0 Å². The van der Waals surface area contributed by atoms with Crippen LogP contribution < -0.4 is 0 Å². The van der Waals surface area contributed by atoms with Gasteiger partial charge in [0.25, 0.3) is 5.69 Å². The number of aryl methyl sites for hydroxylation is 1. The van der Waals surface area contributed by atoms with Gasteiger partial charge in [-0.15, -0.1) is 0 Å². The minimum absolute atomic E-state index is 0.138. The maximum atomic E-state index is 10.6. The highest BCUT2D eigenvalue weighted by molar-refractivity contribution is 9.09. The second-order valence-electron chi connectivity index (χ2n) is 2.92. The van der Waals surface area contributed by atoms with E-state index in [0.29, 0.717) is 0 Å². The molecule has 0 aliphatic rings. The van der Waals surface area contributed by atoms with Crippen LogP contribution in [-0.2, 0) is 0 Å². The first-order chi connectivity index (χ1) is 6.63. The summed E-state index contributed by atoms with van der Waals surface area (Å²) in [5.41, 5.74) is 1.89. The molecule has 3 nitrogen and oxygen atoms in total. The third-order valence-corrected chi connectivity index (χ3v) is 2.07. The zero-order valence-electron chi connectivity index (χ0n) is 7.74. The molecule has 1 aromatic carbocycles. The third kappa shape index (κ3) is 2.96. The van der Waals surface area contributed by atoms with Gasteiger partial charge in [-0.2, -0.15) is 0 Å². The Kier molecular flexibility index (Phi) is 3.83. The summed E-state index contributed by atoms with van der Waals surface area (Å²) in [5, 5.41) is 11.3. The van der Waals surface area contributed by atoms with Gasteiger partial charge >= 0.3 is 0 Å². The minimum atomic E-state index is -0.377. The van der Waals surface area contributed by atoms with E-state index in [-0.39, 0.29) is 10.6 Å². The van der Waals surface area contributed by atoms with Crippen LogP contribution >= 0.6 is 15.9 Å². The SMILES string of the molecule is Cc1cc(C=CCBr)cc([N+](=O)[O-])c1. The van der Waals surface area contributed by atoms with Crippen molar-refractivity contribution in [3.05, 3.63) is 45.5 Å². The molecule has 0 N–H and O–H groups in total. The highest BCUT2D eigenvalue weighted by Gasteiger charge is 2.05. The van der Waals surface area contributed by atoms with Gasteiger partial charge in [-0.1, -0.05) is 34.1 Å². The topological polar surface area (TPSA) is 43.1 Å². The normalized spacial score (nSPS) is 10.7. The van der Waals surface area contributed by atoms with Crippen LogP contribution in [0.1, 0.15) is 11.1 Å². The van der Waals surface area contributed by atoms with Crippen molar-refractivity contribution in [2.75, 3.05) is 5.33 Å². The van der Waals surface area contributed by atoms with E-state index in [0.717, 1.165) is 16.5 Å². The summed E-state index contributed by atoms with van der Waals surface area (Å²) >= 11 is 3.25. The average molecular weight is 256 g/mol. The summed E-state index contributed by atoms with van der Waals surface area (Å²) in [6.45, 7) is 1.85. The molecular weight excluding hydrogens is 246 g/mol. The van der Waals surface area contributed by atoms with Gasteiger partial charge < -0.3 is 0 Å². The zero-order valence-corrected chi connectivity index (χ0v) is 9.32. The van der Waals surface area contributed by atoms with E-state index >= 15 is 0 Å². The van der Waals surface area contributed by atoms with E-state index in [2.05, 4.69) is 15.9 Å². The molecule has 0 atom stereocenters. The first-order valence-corrected chi connectivity index (χ1v) is 5.24. The molecule has 0 heterocycles.